The van der Waals surface area contributed by atoms with E-state index >= 15 is 0 Å². The Balaban J connectivity index is 3.11. The fourth-order valence-corrected chi connectivity index (χ4v) is 2.41. The predicted octanol–water partition coefficient (Wildman–Crippen LogP) is 0.268. The molecule has 0 unspecified atom stereocenters. The fourth-order valence-electron chi connectivity index (χ4n) is 1.20. The van der Waals surface area contributed by atoms with Gasteiger partial charge in [0, 0.05) is 26.8 Å². The lowest BCUT2D eigenvalue weighted by Gasteiger charge is -2.14. The lowest BCUT2D eigenvalue weighted by molar-refractivity contribution is 0.364. The molecule has 0 amide bonds. The van der Waals surface area contributed by atoms with Gasteiger partial charge in [-0.3, -0.25) is 0 Å². The van der Waals surface area contributed by atoms with Crippen LogP contribution in [0.2, 0.25) is 0 Å². The molecule has 0 aromatic carbocycles. The van der Waals surface area contributed by atoms with E-state index in [9.17, 15) is 8.42 Å². The molecule has 16 heavy (non-hydrogen) atoms. The third-order valence-corrected chi connectivity index (χ3v) is 3.22. The molecular weight excluding hydrogens is 228 g/mol. The SMILES string of the molecule is CCNc1ncccc1S(=O)(=O)NN(C)C. The minimum absolute atomic E-state index is 0.144. The van der Waals surface area contributed by atoms with E-state index in [0.717, 1.165) is 0 Å². The number of sulfonamides is 1. The Morgan fingerprint density at radius 3 is 2.69 bits per heavy atom. The largest absolute Gasteiger partial charge is 0.369 e. The highest BCUT2D eigenvalue weighted by molar-refractivity contribution is 7.89. The predicted molar refractivity (Wildman–Crippen MR) is 62.4 cm³/mol. The molecule has 90 valence electrons. The molecule has 2 N–H and O–H groups in total. The molecule has 0 fully saturated rings. The van der Waals surface area contributed by atoms with Crippen LogP contribution in [0.5, 0.6) is 0 Å². The summed E-state index contributed by atoms with van der Waals surface area (Å²) in [6, 6.07) is 3.10. The van der Waals surface area contributed by atoms with Crippen LogP contribution in [0.1, 0.15) is 6.92 Å². The molecule has 0 spiro atoms. The summed E-state index contributed by atoms with van der Waals surface area (Å²) in [6.45, 7) is 2.49. The van der Waals surface area contributed by atoms with Gasteiger partial charge in [-0.15, -0.1) is 4.83 Å². The van der Waals surface area contributed by atoms with Crippen molar-refractivity contribution < 1.29 is 8.42 Å². The quantitative estimate of drug-likeness (QED) is 0.727. The van der Waals surface area contributed by atoms with Gasteiger partial charge in [-0.2, -0.15) is 0 Å². The van der Waals surface area contributed by atoms with Crippen LogP contribution in [0.4, 0.5) is 5.82 Å². The molecule has 1 heterocycles. The number of aromatic nitrogens is 1. The van der Waals surface area contributed by atoms with Crippen LogP contribution in [0.3, 0.4) is 0 Å². The summed E-state index contributed by atoms with van der Waals surface area (Å²) in [6.07, 6.45) is 1.55. The first-order chi connectivity index (χ1) is 7.47. The van der Waals surface area contributed by atoms with Gasteiger partial charge >= 0.3 is 0 Å². The third-order valence-electron chi connectivity index (χ3n) is 1.71. The van der Waals surface area contributed by atoms with E-state index in [4.69, 9.17) is 0 Å². The maximum atomic E-state index is 11.9. The van der Waals surface area contributed by atoms with Crippen LogP contribution < -0.4 is 10.1 Å². The summed E-state index contributed by atoms with van der Waals surface area (Å²) in [7, 11) is -0.338. The summed E-state index contributed by atoms with van der Waals surface area (Å²) >= 11 is 0. The second kappa shape index (κ2) is 5.24. The van der Waals surface area contributed by atoms with Gasteiger partial charge in [-0.1, -0.05) is 0 Å². The summed E-state index contributed by atoms with van der Waals surface area (Å²) in [5.41, 5.74) is 0. The monoisotopic (exact) mass is 244 g/mol. The molecule has 6 nitrogen and oxygen atoms in total. The molecule has 0 aliphatic heterocycles. The van der Waals surface area contributed by atoms with Crippen LogP contribution in [-0.4, -0.2) is 39.1 Å². The highest BCUT2D eigenvalue weighted by atomic mass is 32.2. The zero-order valence-corrected chi connectivity index (χ0v) is 10.4. The Labute approximate surface area is 95.7 Å². The van der Waals surface area contributed by atoms with E-state index in [0.29, 0.717) is 12.4 Å². The number of nitrogens with one attached hydrogen (secondary N) is 2. The minimum atomic E-state index is -3.56. The van der Waals surface area contributed by atoms with Gasteiger partial charge in [-0.25, -0.2) is 18.4 Å². The van der Waals surface area contributed by atoms with Crippen molar-refractivity contribution in [3.63, 3.8) is 0 Å². The van der Waals surface area contributed by atoms with Crippen molar-refractivity contribution in [3.05, 3.63) is 18.3 Å². The first-order valence-electron chi connectivity index (χ1n) is 4.86. The smallest absolute Gasteiger partial charge is 0.257 e. The summed E-state index contributed by atoms with van der Waals surface area (Å²) < 4.78 is 23.8. The molecule has 0 aliphatic rings. The average Bonchev–Trinajstić information content (AvgIpc) is 2.17. The molecule has 0 saturated heterocycles. The molecule has 0 atom stereocenters. The number of pyridine rings is 1. The molecule has 7 heteroatoms. The van der Waals surface area contributed by atoms with Crippen molar-refractivity contribution in [2.24, 2.45) is 0 Å². The van der Waals surface area contributed by atoms with Gasteiger partial charge in [0.2, 0.25) is 0 Å². The molecule has 1 aromatic rings. The fraction of sp³-hybridized carbons (Fsp3) is 0.444. The Morgan fingerprint density at radius 1 is 1.44 bits per heavy atom. The number of hydrogen-bond acceptors (Lipinski definition) is 5. The second-order valence-corrected chi connectivity index (χ2v) is 5.00. The molecule has 0 radical (unpaired) electrons. The second-order valence-electron chi connectivity index (χ2n) is 3.37. The van der Waals surface area contributed by atoms with Crippen molar-refractivity contribution in [1.29, 1.82) is 0 Å². The Kier molecular flexibility index (Phi) is 4.22. The van der Waals surface area contributed by atoms with Crippen LogP contribution in [0.15, 0.2) is 23.2 Å². The highest BCUT2D eigenvalue weighted by Gasteiger charge is 2.19. The third kappa shape index (κ3) is 3.16. The molecule has 0 aliphatic carbocycles. The maximum absolute atomic E-state index is 11.9. The zero-order chi connectivity index (χ0) is 12.2. The molecule has 1 aromatic heterocycles. The zero-order valence-electron chi connectivity index (χ0n) is 9.56. The van der Waals surface area contributed by atoms with Crippen molar-refractivity contribution >= 4 is 15.8 Å². The number of anilines is 1. The number of rotatable bonds is 5. The van der Waals surface area contributed by atoms with Crippen LogP contribution in [-0.2, 0) is 10.0 Å². The van der Waals surface area contributed by atoms with Crippen LogP contribution >= 0.6 is 0 Å². The molecular formula is C9H16N4O2S. The normalized spacial score (nSPS) is 11.8. The van der Waals surface area contributed by atoms with Crippen LogP contribution in [0.25, 0.3) is 0 Å². The van der Waals surface area contributed by atoms with Gasteiger partial charge in [0.15, 0.2) is 0 Å². The van der Waals surface area contributed by atoms with Crippen molar-refractivity contribution in [1.82, 2.24) is 14.8 Å². The average molecular weight is 244 g/mol. The first-order valence-corrected chi connectivity index (χ1v) is 6.34. The van der Waals surface area contributed by atoms with Crippen molar-refractivity contribution in [3.8, 4) is 0 Å². The van der Waals surface area contributed by atoms with Crippen molar-refractivity contribution in [2.45, 2.75) is 11.8 Å². The minimum Gasteiger partial charge on any atom is -0.369 e. The Bertz CT molecular complexity index is 445. The van der Waals surface area contributed by atoms with Gasteiger partial charge in [0.25, 0.3) is 10.0 Å². The van der Waals surface area contributed by atoms with Gasteiger partial charge < -0.3 is 5.32 Å². The number of hydrazine groups is 1. The van der Waals surface area contributed by atoms with Crippen molar-refractivity contribution in [2.75, 3.05) is 26.0 Å². The Hall–Kier alpha value is -1.18. The van der Waals surface area contributed by atoms with Gasteiger partial charge in [0.1, 0.15) is 10.7 Å². The topological polar surface area (TPSA) is 74.3 Å². The Morgan fingerprint density at radius 2 is 2.12 bits per heavy atom. The molecule has 0 bridgehead atoms. The standard InChI is InChI=1S/C9H16N4O2S/c1-4-10-9-8(6-5-7-11-9)16(14,15)12-13(2)3/h5-7,12H,4H2,1-3H3,(H,10,11). The van der Waals surface area contributed by atoms with Gasteiger partial charge in [-0.05, 0) is 19.1 Å². The summed E-state index contributed by atoms with van der Waals surface area (Å²) in [5, 5.41) is 4.28. The van der Waals surface area contributed by atoms with E-state index in [1.165, 1.54) is 11.1 Å². The van der Waals surface area contributed by atoms with Crippen LogP contribution in [0, 0.1) is 0 Å². The summed E-state index contributed by atoms with van der Waals surface area (Å²) in [5.74, 6) is 0.361. The maximum Gasteiger partial charge on any atom is 0.257 e. The van der Waals surface area contributed by atoms with E-state index in [1.54, 1.807) is 26.4 Å². The van der Waals surface area contributed by atoms with E-state index in [2.05, 4.69) is 15.1 Å². The first kappa shape index (κ1) is 12.9. The summed E-state index contributed by atoms with van der Waals surface area (Å²) in [4.78, 5) is 6.50. The van der Waals surface area contributed by atoms with E-state index in [-0.39, 0.29) is 4.90 Å². The number of nitrogens with zero attached hydrogens (tertiary/aromatic N) is 2. The lowest BCUT2D eigenvalue weighted by atomic mass is 10.4. The molecule has 0 saturated carbocycles. The highest BCUT2D eigenvalue weighted by Crippen LogP contribution is 2.17. The lowest BCUT2D eigenvalue weighted by Crippen LogP contribution is -2.36. The number of hydrogen-bond donors (Lipinski definition) is 2. The van der Waals surface area contributed by atoms with E-state index in [1.807, 2.05) is 6.92 Å². The molecule has 1 rings (SSSR count). The van der Waals surface area contributed by atoms with E-state index < -0.39 is 10.0 Å². The van der Waals surface area contributed by atoms with Gasteiger partial charge in [0.05, 0.1) is 0 Å².